The third-order valence-corrected chi connectivity index (χ3v) is 4.87. The van der Waals surface area contributed by atoms with Crippen molar-refractivity contribution in [3.05, 3.63) is 29.8 Å². The van der Waals surface area contributed by atoms with E-state index in [1.165, 1.54) is 25.9 Å². The molecule has 1 heterocycles. The zero-order chi connectivity index (χ0) is 19.5. The molecule has 0 unspecified atom stereocenters. The van der Waals surface area contributed by atoms with E-state index >= 15 is 0 Å². The maximum Gasteiger partial charge on any atom is 0.307 e. The van der Waals surface area contributed by atoms with Gasteiger partial charge in [-0.2, -0.15) is 0 Å². The van der Waals surface area contributed by atoms with Gasteiger partial charge >= 0.3 is 5.97 Å². The predicted octanol–water partition coefficient (Wildman–Crippen LogP) is 2.97. The van der Waals surface area contributed by atoms with Crippen molar-refractivity contribution >= 4 is 11.9 Å². The van der Waals surface area contributed by atoms with Crippen molar-refractivity contribution in [3.63, 3.8) is 0 Å². The van der Waals surface area contributed by atoms with Crippen molar-refractivity contribution in [1.29, 1.82) is 0 Å². The number of hydrogen-bond donors (Lipinski definition) is 0. The van der Waals surface area contributed by atoms with Gasteiger partial charge in [0.2, 0.25) is 0 Å². The minimum absolute atomic E-state index is 0.0991. The molecule has 150 valence electrons. The van der Waals surface area contributed by atoms with Gasteiger partial charge in [-0.15, -0.1) is 0 Å². The van der Waals surface area contributed by atoms with Crippen LogP contribution in [0.4, 0.5) is 0 Å². The molecule has 6 nitrogen and oxygen atoms in total. The molecule has 0 spiro atoms. The second kappa shape index (κ2) is 11.6. The Morgan fingerprint density at radius 1 is 1.11 bits per heavy atom. The summed E-state index contributed by atoms with van der Waals surface area (Å²) in [7, 11) is 1.56. The van der Waals surface area contributed by atoms with Crippen LogP contribution in [-0.4, -0.2) is 68.1 Å². The van der Waals surface area contributed by atoms with E-state index in [4.69, 9.17) is 9.47 Å². The van der Waals surface area contributed by atoms with Crippen molar-refractivity contribution < 1.29 is 19.1 Å². The van der Waals surface area contributed by atoms with Gasteiger partial charge < -0.3 is 19.3 Å². The van der Waals surface area contributed by atoms with Crippen molar-refractivity contribution in [3.8, 4) is 5.75 Å². The molecule has 0 atom stereocenters. The van der Waals surface area contributed by atoms with Gasteiger partial charge in [0.1, 0.15) is 5.75 Å². The summed E-state index contributed by atoms with van der Waals surface area (Å²) in [6.07, 6.45) is 4.76. The first-order chi connectivity index (χ1) is 13.2. The average Bonchev–Trinajstić information content (AvgIpc) is 3.20. The van der Waals surface area contributed by atoms with Gasteiger partial charge in [0, 0.05) is 13.1 Å². The Bertz CT molecular complexity index is 600. The third-order valence-electron chi connectivity index (χ3n) is 4.87. The Morgan fingerprint density at radius 3 is 2.56 bits per heavy atom. The van der Waals surface area contributed by atoms with Crippen molar-refractivity contribution in [1.82, 2.24) is 9.80 Å². The quantitative estimate of drug-likeness (QED) is 0.439. The monoisotopic (exact) mass is 376 g/mol. The van der Waals surface area contributed by atoms with Crippen LogP contribution in [0.3, 0.4) is 0 Å². The number of nitrogens with zero attached hydrogens (tertiary/aromatic N) is 2. The summed E-state index contributed by atoms with van der Waals surface area (Å²) in [6, 6.07) is 7.22. The van der Waals surface area contributed by atoms with Crippen molar-refractivity contribution in [2.75, 3.05) is 46.4 Å². The molecular formula is C21H32N2O4. The summed E-state index contributed by atoms with van der Waals surface area (Å²) in [5.74, 6) is 0.186. The Balaban J connectivity index is 1.94. The summed E-state index contributed by atoms with van der Waals surface area (Å²) in [4.78, 5) is 29.0. The number of amides is 1. The maximum absolute atomic E-state index is 13.0. The number of likely N-dealkylation sites (tertiary alicyclic amines) is 1. The maximum atomic E-state index is 13.0. The van der Waals surface area contributed by atoms with E-state index in [1.807, 2.05) is 12.1 Å². The number of esters is 1. The lowest BCUT2D eigenvalue weighted by Crippen LogP contribution is -2.35. The molecule has 0 N–H and O–H groups in total. The van der Waals surface area contributed by atoms with Crippen LogP contribution in [-0.2, 0) is 9.53 Å². The van der Waals surface area contributed by atoms with Crippen molar-refractivity contribution in [2.45, 2.75) is 39.0 Å². The Kier molecular flexibility index (Phi) is 9.11. The van der Waals surface area contributed by atoms with Gasteiger partial charge in [0.05, 0.1) is 25.7 Å². The second-order valence-electron chi connectivity index (χ2n) is 6.80. The number of para-hydroxylation sites is 1. The SMILES string of the molecule is CCOC(=O)CCN(CCCCN1CCCC1)C(=O)c1ccccc1OC. The van der Waals surface area contributed by atoms with E-state index in [0.717, 1.165) is 19.4 Å². The zero-order valence-corrected chi connectivity index (χ0v) is 16.6. The number of carbonyl (C=O) groups is 2. The highest BCUT2D eigenvalue weighted by Crippen LogP contribution is 2.20. The smallest absolute Gasteiger partial charge is 0.307 e. The Hall–Kier alpha value is -2.08. The van der Waals surface area contributed by atoms with Crippen LogP contribution >= 0.6 is 0 Å². The number of ether oxygens (including phenoxy) is 2. The number of unbranched alkanes of at least 4 members (excludes halogenated alkanes) is 1. The second-order valence-corrected chi connectivity index (χ2v) is 6.80. The van der Waals surface area contributed by atoms with Crippen LogP contribution < -0.4 is 4.74 Å². The lowest BCUT2D eigenvalue weighted by molar-refractivity contribution is -0.143. The highest BCUT2D eigenvalue weighted by Gasteiger charge is 2.20. The molecule has 1 aromatic rings. The molecule has 0 radical (unpaired) electrons. The number of hydrogen-bond acceptors (Lipinski definition) is 5. The van der Waals surface area contributed by atoms with E-state index in [2.05, 4.69) is 4.90 Å². The molecule has 27 heavy (non-hydrogen) atoms. The summed E-state index contributed by atoms with van der Waals surface area (Å²) in [5.41, 5.74) is 0.531. The van der Waals surface area contributed by atoms with Gasteiger partial charge in [0.15, 0.2) is 0 Å². The van der Waals surface area contributed by atoms with Crippen LogP contribution in [0.15, 0.2) is 24.3 Å². The van der Waals surface area contributed by atoms with Crippen LogP contribution in [0.1, 0.15) is 49.4 Å². The minimum atomic E-state index is -0.271. The fourth-order valence-corrected chi connectivity index (χ4v) is 3.41. The number of benzene rings is 1. The number of rotatable bonds is 11. The first-order valence-corrected chi connectivity index (χ1v) is 9.96. The highest BCUT2D eigenvalue weighted by molar-refractivity contribution is 5.97. The van der Waals surface area contributed by atoms with E-state index in [1.54, 1.807) is 31.1 Å². The van der Waals surface area contributed by atoms with E-state index in [0.29, 0.717) is 31.0 Å². The fraction of sp³-hybridized carbons (Fsp3) is 0.619. The topological polar surface area (TPSA) is 59.1 Å². The molecule has 6 heteroatoms. The largest absolute Gasteiger partial charge is 0.496 e. The summed E-state index contributed by atoms with van der Waals surface area (Å²) < 4.78 is 10.3. The molecule has 0 bridgehead atoms. The Labute approximate surface area is 162 Å². The first kappa shape index (κ1) is 21.2. The van der Waals surface area contributed by atoms with Gasteiger partial charge in [-0.05, 0) is 64.4 Å². The molecule has 1 fully saturated rings. The molecule has 1 saturated heterocycles. The third kappa shape index (κ3) is 6.86. The highest BCUT2D eigenvalue weighted by atomic mass is 16.5. The summed E-state index contributed by atoms with van der Waals surface area (Å²) >= 11 is 0. The molecule has 0 aliphatic carbocycles. The van der Waals surface area contributed by atoms with Crippen molar-refractivity contribution in [2.24, 2.45) is 0 Å². The standard InChI is InChI=1S/C21H32N2O4/c1-3-27-20(24)12-17-23(16-9-8-15-22-13-6-7-14-22)21(25)18-10-4-5-11-19(18)26-2/h4-5,10-11H,3,6-9,12-17H2,1-2H3. The van der Waals surface area contributed by atoms with E-state index in [9.17, 15) is 9.59 Å². The zero-order valence-electron chi connectivity index (χ0n) is 16.6. The Morgan fingerprint density at radius 2 is 1.85 bits per heavy atom. The number of methoxy groups -OCH3 is 1. The normalized spacial score (nSPS) is 14.1. The molecule has 1 amide bonds. The minimum Gasteiger partial charge on any atom is -0.496 e. The molecule has 1 aliphatic rings. The molecule has 0 aromatic heterocycles. The summed E-state index contributed by atoms with van der Waals surface area (Å²) in [6.45, 7) is 6.58. The molecule has 0 saturated carbocycles. The first-order valence-electron chi connectivity index (χ1n) is 9.96. The van der Waals surface area contributed by atoms with Crippen LogP contribution in [0.5, 0.6) is 5.75 Å². The molecular weight excluding hydrogens is 344 g/mol. The molecule has 2 rings (SSSR count). The number of carbonyl (C=O) groups excluding carboxylic acids is 2. The van der Waals surface area contributed by atoms with Gasteiger partial charge in [0.25, 0.3) is 5.91 Å². The predicted molar refractivity (Wildman–Crippen MR) is 105 cm³/mol. The summed E-state index contributed by atoms with van der Waals surface area (Å²) in [5, 5.41) is 0. The van der Waals surface area contributed by atoms with E-state index < -0.39 is 0 Å². The fourth-order valence-electron chi connectivity index (χ4n) is 3.41. The lowest BCUT2D eigenvalue weighted by Gasteiger charge is -2.24. The van der Waals surface area contributed by atoms with Gasteiger partial charge in [-0.3, -0.25) is 9.59 Å². The van der Waals surface area contributed by atoms with Crippen LogP contribution in [0.2, 0.25) is 0 Å². The average molecular weight is 376 g/mol. The van der Waals surface area contributed by atoms with Crippen LogP contribution in [0.25, 0.3) is 0 Å². The van der Waals surface area contributed by atoms with Crippen LogP contribution in [0, 0.1) is 0 Å². The van der Waals surface area contributed by atoms with E-state index in [-0.39, 0.29) is 18.3 Å². The molecule has 1 aliphatic heterocycles. The lowest BCUT2D eigenvalue weighted by atomic mass is 10.1. The van der Waals surface area contributed by atoms with Gasteiger partial charge in [-0.1, -0.05) is 12.1 Å². The molecule has 1 aromatic carbocycles. The van der Waals surface area contributed by atoms with Gasteiger partial charge in [-0.25, -0.2) is 0 Å².